The lowest BCUT2D eigenvalue weighted by Crippen LogP contribution is -2.55. The zero-order chi connectivity index (χ0) is 18.1. The molecule has 7 heteroatoms. The van der Waals surface area contributed by atoms with Crippen LogP contribution in [0.2, 0.25) is 5.02 Å². The van der Waals surface area contributed by atoms with Gasteiger partial charge < -0.3 is 14.7 Å². The number of likely N-dealkylation sites (tertiary alicyclic amines) is 1. The van der Waals surface area contributed by atoms with E-state index < -0.39 is 0 Å². The number of carbonyl (C=O) groups is 3. The topological polar surface area (TPSA) is 60.9 Å². The van der Waals surface area contributed by atoms with E-state index in [1.54, 1.807) is 36.0 Å². The van der Waals surface area contributed by atoms with Crippen molar-refractivity contribution < 1.29 is 14.4 Å². The molecular formula is C18H22ClN3O3. The Labute approximate surface area is 152 Å². The second-order valence-corrected chi connectivity index (χ2v) is 7.24. The zero-order valence-corrected chi connectivity index (χ0v) is 15.2. The van der Waals surface area contributed by atoms with Crippen molar-refractivity contribution in [3.05, 3.63) is 34.9 Å². The van der Waals surface area contributed by atoms with Crippen molar-refractivity contribution in [2.24, 2.45) is 5.92 Å². The minimum Gasteiger partial charge on any atom is -0.340 e. The Balaban J connectivity index is 1.73. The fraction of sp³-hybridized carbons (Fsp3) is 0.500. The van der Waals surface area contributed by atoms with Crippen molar-refractivity contribution in [1.82, 2.24) is 14.7 Å². The van der Waals surface area contributed by atoms with E-state index >= 15 is 0 Å². The first-order valence-corrected chi connectivity index (χ1v) is 8.77. The maximum absolute atomic E-state index is 12.7. The van der Waals surface area contributed by atoms with Crippen LogP contribution in [0.3, 0.4) is 0 Å². The standard InChI is InChI=1S/C18H22ClN3O3/c1-20-11-17(24)21(2)15-10-22(7-6-14(15)18(20)25)16(23)9-12-4-3-5-13(19)8-12/h3-5,8,14-15H,6-7,9-11H2,1-2H3. The van der Waals surface area contributed by atoms with E-state index in [-0.39, 0.29) is 42.6 Å². The van der Waals surface area contributed by atoms with E-state index in [0.717, 1.165) is 5.56 Å². The molecule has 2 aliphatic rings. The molecule has 1 aromatic carbocycles. The van der Waals surface area contributed by atoms with E-state index in [1.807, 2.05) is 12.1 Å². The third kappa shape index (κ3) is 3.63. The van der Waals surface area contributed by atoms with Crippen LogP contribution in [0, 0.1) is 5.92 Å². The first-order chi connectivity index (χ1) is 11.9. The number of piperidine rings is 1. The Bertz CT molecular complexity index is 709. The van der Waals surface area contributed by atoms with Crippen molar-refractivity contribution in [1.29, 1.82) is 0 Å². The summed E-state index contributed by atoms with van der Waals surface area (Å²) in [5.41, 5.74) is 0.862. The smallest absolute Gasteiger partial charge is 0.242 e. The molecule has 2 aliphatic heterocycles. The maximum atomic E-state index is 12.7. The van der Waals surface area contributed by atoms with E-state index in [1.165, 1.54) is 4.90 Å². The normalized spacial score (nSPS) is 24.2. The largest absolute Gasteiger partial charge is 0.340 e. The monoisotopic (exact) mass is 363 g/mol. The molecule has 0 saturated carbocycles. The summed E-state index contributed by atoms with van der Waals surface area (Å²) in [5.74, 6) is -0.347. The predicted molar refractivity (Wildman–Crippen MR) is 94.0 cm³/mol. The minimum atomic E-state index is -0.262. The number of hydrogen-bond donors (Lipinski definition) is 0. The summed E-state index contributed by atoms with van der Waals surface area (Å²) in [5, 5.41) is 0.603. The number of rotatable bonds is 2. The molecule has 0 spiro atoms. The number of nitrogens with zero attached hydrogens (tertiary/aromatic N) is 3. The predicted octanol–water partition coefficient (Wildman–Crippen LogP) is 1.03. The Kier molecular flexibility index (Phi) is 4.99. The summed E-state index contributed by atoms with van der Waals surface area (Å²) in [6.07, 6.45) is 0.843. The molecule has 3 amide bonds. The molecule has 0 aliphatic carbocycles. The van der Waals surface area contributed by atoms with Gasteiger partial charge in [0.2, 0.25) is 17.7 Å². The minimum absolute atomic E-state index is 0.00776. The molecule has 0 bridgehead atoms. The van der Waals surface area contributed by atoms with Crippen LogP contribution in [0.4, 0.5) is 0 Å². The molecule has 2 atom stereocenters. The van der Waals surface area contributed by atoms with Gasteiger partial charge in [-0.05, 0) is 24.1 Å². The highest BCUT2D eigenvalue weighted by atomic mass is 35.5. The fourth-order valence-corrected chi connectivity index (χ4v) is 3.85. The van der Waals surface area contributed by atoms with Crippen LogP contribution in [-0.4, -0.2) is 72.2 Å². The highest BCUT2D eigenvalue weighted by Crippen LogP contribution is 2.26. The lowest BCUT2D eigenvalue weighted by molar-refractivity contribution is -0.141. The second-order valence-electron chi connectivity index (χ2n) is 6.81. The first-order valence-electron chi connectivity index (χ1n) is 8.39. The Hall–Kier alpha value is -2.08. The van der Waals surface area contributed by atoms with Crippen LogP contribution in [-0.2, 0) is 20.8 Å². The second kappa shape index (κ2) is 7.04. The van der Waals surface area contributed by atoms with Gasteiger partial charge in [-0.3, -0.25) is 14.4 Å². The summed E-state index contributed by atoms with van der Waals surface area (Å²) < 4.78 is 0. The number of fused-ring (bicyclic) bond motifs is 1. The molecule has 25 heavy (non-hydrogen) atoms. The molecule has 0 aromatic heterocycles. The Morgan fingerprint density at radius 1 is 1.28 bits per heavy atom. The number of amides is 3. The lowest BCUT2D eigenvalue weighted by atomic mass is 9.89. The van der Waals surface area contributed by atoms with Gasteiger partial charge in [-0.15, -0.1) is 0 Å². The average Bonchev–Trinajstić information content (AvgIpc) is 2.66. The number of benzene rings is 1. The lowest BCUT2D eigenvalue weighted by Gasteiger charge is -2.40. The van der Waals surface area contributed by atoms with Crippen molar-refractivity contribution in [2.75, 3.05) is 33.7 Å². The summed E-state index contributed by atoms with van der Waals surface area (Å²) in [6.45, 7) is 1.02. The molecule has 2 fully saturated rings. The van der Waals surface area contributed by atoms with E-state index in [2.05, 4.69) is 0 Å². The van der Waals surface area contributed by atoms with Gasteiger partial charge in [0, 0.05) is 32.2 Å². The highest BCUT2D eigenvalue weighted by molar-refractivity contribution is 6.30. The summed E-state index contributed by atoms with van der Waals surface area (Å²) in [7, 11) is 3.38. The number of halogens is 1. The van der Waals surface area contributed by atoms with Gasteiger partial charge in [0.05, 0.1) is 24.9 Å². The van der Waals surface area contributed by atoms with Crippen molar-refractivity contribution >= 4 is 29.3 Å². The Morgan fingerprint density at radius 3 is 2.76 bits per heavy atom. The van der Waals surface area contributed by atoms with Crippen molar-refractivity contribution in [3.63, 3.8) is 0 Å². The van der Waals surface area contributed by atoms with E-state index in [9.17, 15) is 14.4 Å². The number of likely N-dealkylation sites (N-methyl/N-ethyl adjacent to an activating group) is 2. The number of carbonyl (C=O) groups excluding carboxylic acids is 3. The first kappa shape index (κ1) is 17.7. The van der Waals surface area contributed by atoms with Gasteiger partial charge in [0.25, 0.3) is 0 Å². The molecule has 6 nitrogen and oxygen atoms in total. The molecule has 134 valence electrons. The SMILES string of the molecule is CN1CC(=O)N(C)C2CN(C(=O)Cc3cccc(Cl)c3)CCC2C1=O. The van der Waals surface area contributed by atoms with Gasteiger partial charge >= 0.3 is 0 Å². The third-order valence-corrected chi connectivity index (χ3v) is 5.37. The highest BCUT2D eigenvalue weighted by Gasteiger charge is 2.43. The maximum Gasteiger partial charge on any atom is 0.242 e. The van der Waals surface area contributed by atoms with E-state index in [4.69, 9.17) is 11.6 Å². The van der Waals surface area contributed by atoms with Crippen LogP contribution < -0.4 is 0 Å². The average molecular weight is 364 g/mol. The summed E-state index contributed by atoms with van der Waals surface area (Å²) >= 11 is 5.98. The molecule has 2 unspecified atom stereocenters. The van der Waals surface area contributed by atoms with Crippen LogP contribution in [0.5, 0.6) is 0 Å². The van der Waals surface area contributed by atoms with Gasteiger partial charge in [-0.2, -0.15) is 0 Å². The Morgan fingerprint density at radius 2 is 2.04 bits per heavy atom. The number of hydrogen-bond acceptors (Lipinski definition) is 3. The van der Waals surface area contributed by atoms with Crippen LogP contribution in [0.25, 0.3) is 0 Å². The molecule has 1 aromatic rings. The van der Waals surface area contributed by atoms with Gasteiger partial charge in [-0.1, -0.05) is 23.7 Å². The molecule has 0 radical (unpaired) electrons. The molecule has 3 rings (SSSR count). The summed E-state index contributed by atoms with van der Waals surface area (Å²) in [6, 6.07) is 6.99. The van der Waals surface area contributed by atoms with Gasteiger partial charge in [-0.25, -0.2) is 0 Å². The molecule has 2 saturated heterocycles. The zero-order valence-electron chi connectivity index (χ0n) is 14.4. The van der Waals surface area contributed by atoms with Crippen LogP contribution in [0.1, 0.15) is 12.0 Å². The fourth-order valence-electron chi connectivity index (χ4n) is 3.63. The van der Waals surface area contributed by atoms with Gasteiger partial charge in [0.1, 0.15) is 0 Å². The molecule has 0 N–H and O–H groups in total. The summed E-state index contributed by atoms with van der Waals surface area (Å²) in [4.78, 5) is 42.3. The molecular weight excluding hydrogens is 342 g/mol. The van der Waals surface area contributed by atoms with Crippen LogP contribution in [0.15, 0.2) is 24.3 Å². The van der Waals surface area contributed by atoms with Gasteiger partial charge in [0.15, 0.2) is 0 Å². The molecule has 2 heterocycles. The third-order valence-electron chi connectivity index (χ3n) is 5.14. The van der Waals surface area contributed by atoms with Crippen molar-refractivity contribution in [3.8, 4) is 0 Å². The van der Waals surface area contributed by atoms with E-state index in [0.29, 0.717) is 24.5 Å². The van der Waals surface area contributed by atoms with Crippen molar-refractivity contribution in [2.45, 2.75) is 18.9 Å². The quantitative estimate of drug-likeness (QED) is 0.788. The van der Waals surface area contributed by atoms with Crippen LogP contribution >= 0.6 is 11.6 Å².